The van der Waals surface area contributed by atoms with Gasteiger partial charge in [0.2, 0.25) is 0 Å². The monoisotopic (exact) mass is 404 g/mol. The number of hydrogen-bond acceptors (Lipinski definition) is 6. The number of carbonyl (C=O) groups excluding carboxylic acids is 3. The second-order valence-corrected chi connectivity index (χ2v) is 7.19. The topological polar surface area (TPSA) is 93.7 Å². The highest BCUT2D eigenvalue weighted by Crippen LogP contribution is 2.33. The summed E-state index contributed by atoms with van der Waals surface area (Å²) in [6.45, 7) is 7.18. The molecule has 0 aliphatic heterocycles. The smallest absolute Gasteiger partial charge is 0.341 e. The van der Waals surface area contributed by atoms with E-state index in [0.717, 1.165) is 22.5 Å². The molecule has 0 aliphatic carbocycles. The van der Waals surface area contributed by atoms with E-state index in [-0.39, 0.29) is 29.7 Å². The van der Waals surface area contributed by atoms with Gasteiger partial charge in [0.05, 0.1) is 17.0 Å². The highest BCUT2D eigenvalue weighted by atomic mass is 32.1. The number of benzene rings is 1. The van der Waals surface area contributed by atoms with Crippen LogP contribution in [-0.4, -0.2) is 38.0 Å². The van der Waals surface area contributed by atoms with E-state index in [2.05, 4.69) is 10.6 Å². The Balaban J connectivity index is 2.20. The van der Waals surface area contributed by atoms with Gasteiger partial charge in [0.1, 0.15) is 10.8 Å². The van der Waals surface area contributed by atoms with Crippen molar-refractivity contribution in [1.29, 1.82) is 0 Å². The SMILES string of the molecule is CCOC(=O)c1c(NC(=O)COc2ccc(C)cc2C)sc(C(=O)NC)c1C. The Bertz CT molecular complexity index is 904. The van der Waals surface area contributed by atoms with E-state index in [0.29, 0.717) is 16.2 Å². The summed E-state index contributed by atoms with van der Waals surface area (Å²) in [7, 11) is 1.50. The molecule has 1 heterocycles. The summed E-state index contributed by atoms with van der Waals surface area (Å²) < 4.78 is 10.6. The Kier molecular flexibility index (Phi) is 7.17. The number of thiophene rings is 1. The molecule has 0 saturated heterocycles. The summed E-state index contributed by atoms with van der Waals surface area (Å²) >= 11 is 1.03. The van der Waals surface area contributed by atoms with Gasteiger partial charge in [-0.25, -0.2) is 4.79 Å². The van der Waals surface area contributed by atoms with E-state index >= 15 is 0 Å². The predicted octanol–water partition coefficient (Wildman–Crippen LogP) is 3.23. The Labute approximate surface area is 168 Å². The summed E-state index contributed by atoms with van der Waals surface area (Å²) in [6.07, 6.45) is 0. The molecule has 2 amide bonds. The van der Waals surface area contributed by atoms with Crippen molar-refractivity contribution < 1.29 is 23.9 Å². The fraction of sp³-hybridized carbons (Fsp3) is 0.350. The van der Waals surface area contributed by atoms with Crippen LogP contribution in [0.5, 0.6) is 5.75 Å². The van der Waals surface area contributed by atoms with E-state index in [4.69, 9.17) is 9.47 Å². The molecule has 0 saturated carbocycles. The van der Waals surface area contributed by atoms with Crippen molar-refractivity contribution in [1.82, 2.24) is 5.32 Å². The molecule has 0 bridgehead atoms. The lowest BCUT2D eigenvalue weighted by Crippen LogP contribution is -2.21. The van der Waals surface area contributed by atoms with E-state index in [9.17, 15) is 14.4 Å². The lowest BCUT2D eigenvalue weighted by molar-refractivity contribution is -0.118. The number of nitrogens with one attached hydrogen (secondary N) is 2. The molecule has 0 unspecified atom stereocenters. The van der Waals surface area contributed by atoms with Crippen LogP contribution in [0.1, 0.15) is 43.6 Å². The van der Waals surface area contributed by atoms with Gasteiger partial charge in [0.15, 0.2) is 6.61 Å². The third-order valence-electron chi connectivity index (χ3n) is 4.00. The van der Waals surface area contributed by atoms with Gasteiger partial charge in [-0.3, -0.25) is 9.59 Å². The van der Waals surface area contributed by atoms with Crippen molar-refractivity contribution in [2.24, 2.45) is 0 Å². The molecule has 8 heteroatoms. The Morgan fingerprint density at radius 1 is 1.14 bits per heavy atom. The van der Waals surface area contributed by atoms with Gasteiger partial charge in [0.25, 0.3) is 11.8 Å². The second kappa shape index (κ2) is 9.36. The molecular formula is C20H24N2O5S. The number of hydrogen-bond donors (Lipinski definition) is 2. The van der Waals surface area contributed by atoms with Crippen molar-refractivity contribution >= 4 is 34.1 Å². The number of rotatable bonds is 7. The van der Waals surface area contributed by atoms with Gasteiger partial charge >= 0.3 is 5.97 Å². The van der Waals surface area contributed by atoms with Crippen LogP contribution >= 0.6 is 11.3 Å². The van der Waals surface area contributed by atoms with E-state index < -0.39 is 11.9 Å². The van der Waals surface area contributed by atoms with Crippen molar-refractivity contribution in [2.75, 3.05) is 25.6 Å². The minimum Gasteiger partial charge on any atom is -0.483 e. The van der Waals surface area contributed by atoms with Crippen molar-refractivity contribution in [3.05, 3.63) is 45.3 Å². The van der Waals surface area contributed by atoms with Gasteiger partial charge in [-0.05, 0) is 44.9 Å². The van der Waals surface area contributed by atoms with Crippen LogP contribution in [0, 0.1) is 20.8 Å². The summed E-state index contributed by atoms with van der Waals surface area (Å²) in [4.78, 5) is 37.1. The molecule has 1 aromatic carbocycles. The summed E-state index contributed by atoms with van der Waals surface area (Å²) in [5, 5.41) is 5.46. The predicted molar refractivity (Wildman–Crippen MR) is 108 cm³/mol. The van der Waals surface area contributed by atoms with Gasteiger partial charge in [-0.2, -0.15) is 0 Å². The third kappa shape index (κ3) is 4.89. The van der Waals surface area contributed by atoms with Gasteiger partial charge in [-0.15, -0.1) is 11.3 Å². The number of esters is 1. The van der Waals surface area contributed by atoms with Crippen LogP contribution in [0.3, 0.4) is 0 Å². The Morgan fingerprint density at radius 3 is 2.46 bits per heavy atom. The first-order chi connectivity index (χ1) is 13.3. The molecule has 2 rings (SSSR count). The van der Waals surface area contributed by atoms with Crippen LogP contribution in [0.4, 0.5) is 5.00 Å². The average Bonchev–Trinajstić information content (AvgIpc) is 2.96. The Hall–Kier alpha value is -2.87. The molecule has 1 aromatic heterocycles. The van der Waals surface area contributed by atoms with Gasteiger partial charge in [0, 0.05) is 7.05 Å². The van der Waals surface area contributed by atoms with Crippen LogP contribution in [0.25, 0.3) is 0 Å². The zero-order valence-electron chi connectivity index (χ0n) is 16.6. The van der Waals surface area contributed by atoms with E-state index in [1.807, 2.05) is 26.0 Å². The van der Waals surface area contributed by atoms with Crippen molar-refractivity contribution in [3.8, 4) is 5.75 Å². The largest absolute Gasteiger partial charge is 0.483 e. The van der Waals surface area contributed by atoms with E-state index in [1.54, 1.807) is 19.9 Å². The molecule has 0 spiro atoms. The summed E-state index contributed by atoms with van der Waals surface area (Å²) in [6, 6.07) is 5.67. The fourth-order valence-corrected chi connectivity index (χ4v) is 3.81. The maximum absolute atomic E-state index is 12.4. The average molecular weight is 404 g/mol. The van der Waals surface area contributed by atoms with E-state index in [1.165, 1.54) is 7.05 Å². The molecular weight excluding hydrogens is 380 g/mol. The van der Waals surface area contributed by atoms with Crippen LogP contribution in [0.2, 0.25) is 0 Å². The molecule has 2 N–H and O–H groups in total. The maximum Gasteiger partial charge on any atom is 0.341 e. The van der Waals surface area contributed by atoms with Crippen LogP contribution < -0.4 is 15.4 Å². The van der Waals surface area contributed by atoms with Crippen molar-refractivity contribution in [2.45, 2.75) is 27.7 Å². The molecule has 0 fully saturated rings. The number of anilines is 1. The van der Waals surface area contributed by atoms with Crippen LogP contribution in [-0.2, 0) is 9.53 Å². The fourth-order valence-electron chi connectivity index (χ4n) is 2.65. The standard InChI is InChI=1S/C20H24N2O5S/c1-6-26-20(25)16-13(4)17(18(24)21-5)28-19(16)22-15(23)10-27-14-8-7-11(2)9-12(14)3/h7-9H,6,10H2,1-5H3,(H,21,24)(H,22,23). The number of carbonyl (C=O) groups is 3. The first-order valence-electron chi connectivity index (χ1n) is 8.80. The quantitative estimate of drug-likeness (QED) is 0.691. The maximum atomic E-state index is 12.4. The number of amides is 2. The highest BCUT2D eigenvalue weighted by Gasteiger charge is 2.26. The van der Waals surface area contributed by atoms with Gasteiger partial charge in [-0.1, -0.05) is 17.7 Å². The second-order valence-electron chi connectivity index (χ2n) is 6.17. The molecule has 0 atom stereocenters. The summed E-state index contributed by atoms with van der Waals surface area (Å²) in [5.74, 6) is -0.743. The highest BCUT2D eigenvalue weighted by molar-refractivity contribution is 7.18. The third-order valence-corrected chi connectivity index (χ3v) is 5.21. The molecule has 0 radical (unpaired) electrons. The minimum absolute atomic E-state index is 0.185. The van der Waals surface area contributed by atoms with Crippen molar-refractivity contribution in [3.63, 3.8) is 0 Å². The lowest BCUT2D eigenvalue weighted by atomic mass is 10.1. The zero-order valence-corrected chi connectivity index (χ0v) is 17.4. The Morgan fingerprint density at radius 2 is 1.86 bits per heavy atom. The first kappa shape index (κ1) is 21.4. The zero-order chi connectivity index (χ0) is 20.8. The number of ether oxygens (including phenoxy) is 2. The molecule has 7 nitrogen and oxygen atoms in total. The molecule has 28 heavy (non-hydrogen) atoms. The first-order valence-corrected chi connectivity index (χ1v) is 9.62. The lowest BCUT2D eigenvalue weighted by Gasteiger charge is -2.10. The molecule has 150 valence electrons. The molecule has 0 aliphatic rings. The van der Waals surface area contributed by atoms with Crippen LogP contribution in [0.15, 0.2) is 18.2 Å². The normalized spacial score (nSPS) is 10.3. The summed E-state index contributed by atoms with van der Waals surface area (Å²) in [5.41, 5.74) is 2.68. The molecule has 2 aromatic rings. The number of aryl methyl sites for hydroxylation is 2. The minimum atomic E-state index is -0.586. The van der Waals surface area contributed by atoms with Gasteiger partial charge < -0.3 is 20.1 Å².